The molecule has 0 saturated heterocycles. The summed E-state index contributed by atoms with van der Waals surface area (Å²) in [6.45, 7) is 2.20. The maximum Gasteiger partial charge on any atom is 0.323 e. The van der Waals surface area contributed by atoms with Crippen molar-refractivity contribution in [3.8, 4) is 11.5 Å². The summed E-state index contributed by atoms with van der Waals surface area (Å²) >= 11 is 0. The molecule has 1 atom stereocenters. The molecule has 0 fully saturated rings. The quantitative estimate of drug-likeness (QED) is 0.868. The number of benzene rings is 1. The average Bonchev–Trinajstić information content (AvgIpc) is 2.74. The normalized spacial score (nSPS) is 15.3. The van der Waals surface area contributed by atoms with E-state index in [1.165, 1.54) is 4.57 Å². The van der Waals surface area contributed by atoms with E-state index in [1.54, 1.807) is 19.1 Å². The Kier molecular flexibility index (Phi) is 2.98. The molecule has 7 nitrogen and oxygen atoms in total. The SMILES string of the molecule is C[C@H](O)c1nc2cc3c(cc2n1CC(=O)O)OCCO3. The highest BCUT2D eigenvalue weighted by molar-refractivity contribution is 5.82. The van der Waals surface area contributed by atoms with Gasteiger partial charge in [0.1, 0.15) is 31.7 Å². The van der Waals surface area contributed by atoms with Gasteiger partial charge in [-0.1, -0.05) is 0 Å². The van der Waals surface area contributed by atoms with Gasteiger partial charge in [-0.15, -0.1) is 0 Å². The molecular formula is C13H14N2O5. The van der Waals surface area contributed by atoms with Crippen LogP contribution in [0.5, 0.6) is 11.5 Å². The molecule has 1 aliphatic rings. The summed E-state index contributed by atoms with van der Waals surface area (Å²) in [6, 6.07) is 3.40. The lowest BCUT2D eigenvalue weighted by molar-refractivity contribution is -0.137. The monoisotopic (exact) mass is 278 g/mol. The first-order valence-corrected chi connectivity index (χ1v) is 6.26. The molecule has 0 saturated carbocycles. The van der Waals surface area contributed by atoms with Crippen LogP contribution in [-0.4, -0.2) is 38.9 Å². The number of hydrogen-bond acceptors (Lipinski definition) is 5. The van der Waals surface area contributed by atoms with Crippen LogP contribution in [0.15, 0.2) is 12.1 Å². The van der Waals surface area contributed by atoms with Crippen molar-refractivity contribution in [3.05, 3.63) is 18.0 Å². The fourth-order valence-corrected chi connectivity index (χ4v) is 2.30. The Bertz CT molecular complexity index is 677. The maximum absolute atomic E-state index is 11.0. The molecule has 0 radical (unpaired) electrons. The van der Waals surface area contributed by atoms with Gasteiger partial charge in [-0.2, -0.15) is 0 Å². The number of carbonyl (C=O) groups is 1. The fourth-order valence-electron chi connectivity index (χ4n) is 2.30. The molecule has 20 heavy (non-hydrogen) atoms. The lowest BCUT2D eigenvalue weighted by Crippen LogP contribution is -2.16. The van der Waals surface area contributed by atoms with Crippen LogP contribution in [0.4, 0.5) is 0 Å². The highest BCUT2D eigenvalue weighted by atomic mass is 16.6. The topological polar surface area (TPSA) is 93.8 Å². The number of aliphatic hydroxyl groups excluding tert-OH is 1. The molecule has 2 N–H and O–H groups in total. The molecule has 0 unspecified atom stereocenters. The van der Waals surface area contributed by atoms with Crippen LogP contribution in [0.3, 0.4) is 0 Å². The van der Waals surface area contributed by atoms with Crippen molar-refractivity contribution in [2.45, 2.75) is 19.6 Å². The van der Waals surface area contributed by atoms with Gasteiger partial charge in [-0.3, -0.25) is 4.79 Å². The smallest absolute Gasteiger partial charge is 0.323 e. The first-order valence-electron chi connectivity index (χ1n) is 6.26. The van der Waals surface area contributed by atoms with Gasteiger partial charge in [0.15, 0.2) is 11.5 Å². The second-order valence-electron chi connectivity index (χ2n) is 4.61. The average molecular weight is 278 g/mol. The highest BCUT2D eigenvalue weighted by Gasteiger charge is 2.21. The Morgan fingerprint density at radius 2 is 2.05 bits per heavy atom. The number of aromatic nitrogens is 2. The number of imidazole rings is 1. The van der Waals surface area contributed by atoms with Crippen molar-refractivity contribution in [3.63, 3.8) is 0 Å². The van der Waals surface area contributed by atoms with E-state index in [1.807, 2.05) is 0 Å². The van der Waals surface area contributed by atoms with Crippen molar-refractivity contribution < 1.29 is 24.5 Å². The Balaban J connectivity index is 2.21. The molecule has 1 aromatic heterocycles. The number of carboxylic acids is 1. The van der Waals surface area contributed by atoms with Crippen molar-refractivity contribution in [2.75, 3.05) is 13.2 Å². The van der Waals surface area contributed by atoms with Crippen LogP contribution in [0.1, 0.15) is 18.9 Å². The molecule has 0 aliphatic carbocycles. The van der Waals surface area contributed by atoms with Gasteiger partial charge in [0.25, 0.3) is 0 Å². The van der Waals surface area contributed by atoms with Gasteiger partial charge in [0.05, 0.1) is 11.0 Å². The van der Waals surface area contributed by atoms with E-state index in [-0.39, 0.29) is 6.54 Å². The summed E-state index contributed by atoms with van der Waals surface area (Å²) in [7, 11) is 0. The van der Waals surface area contributed by atoms with E-state index in [2.05, 4.69) is 4.98 Å². The lowest BCUT2D eigenvalue weighted by Gasteiger charge is -2.18. The van der Waals surface area contributed by atoms with E-state index in [0.717, 1.165) is 0 Å². The van der Waals surface area contributed by atoms with Crippen molar-refractivity contribution in [1.29, 1.82) is 0 Å². The summed E-state index contributed by atoms with van der Waals surface area (Å²) < 4.78 is 12.4. The molecule has 7 heteroatoms. The first-order chi connectivity index (χ1) is 9.56. The van der Waals surface area contributed by atoms with E-state index < -0.39 is 12.1 Å². The predicted octanol–water partition coefficient (Wildman–Crippen LogP) is 0.945. The molecule has 1 aromatic carbocycles. The third-order valence-corrected chi connectivity index (χ3v) is 3.11. The standard InChI is InChI=1S/C13H14N2O5/c1-7(16)13-14-8-4-10-11(20-3-2-19-10)5-9(8)15(13)6-12(17)18/h4-5,7,16H,2-3,6H2,1H3,(H,17,18)/t7-/m0/s1. The zero-order valence-corrected chi connectivity index (χ0v) is 10.9. The van der Waals surface area contributed by atoms with Crippen molar-refractivity contribution >= 4 is 17.0 Å². The molecule has 3 rings (SSSR count). The second-order valence-corrected chi connectivity index (χ2v) is 4.61. The molecule has 0 spiro atoms. The van der Waals surface area contributed by atoms with Crippen LogP contribution in [0.2, 0.25) is 0 Å². The van der Waals surface area contributed by atoms with Crippen LogP contribution < -0.4 is 9.47 Å². The minimum absolute atomic E-state index is 0.267. The van der Waals surface area contributed by atoms with Gasteiger partial charge in [-0.05, 0) is 6.92 Å². The molecule has 106 valence electrons. The Morgan fingerprint density at radius 3 is 2.65 bits per heavy atom. The van der Waals surface area contributed by atoms with Crippen LogP contribution in [-0.2, 0) is 11.3 Å². The van der Waals surface area contributed by atoms with E-state index in [9.17, 15) is 9.90 Å². The van der Waals surface area contributed by atoms with E-state index in [4.69, 9.17) is 14.6 Å². The maximum atomic E-state index is 11.0. The van der Waals surface area contributed by atoms with E-state index in [0.29, 0.717) is 41.6 Å². The third-order valence-electron chi connectivity index (χ3n) is 3.11. The number of fused-ring (bicyclic) bond motifs is 2. The number of aliphatic hydroxyl groups is 1. The van der Waals surface area contributed by atoms with Gasteiger partial charge in [0.2, 0.25) is 0 Å². The van der Waals surface area contributed by atoms with Gasteiger partial charge >= 0.3 is 5.97 Å². The predicted molar refractivity (Wildman–Crippen MR) is 69.0 cm³/mol. The highest BCUT2D eigenvalue weighted by Crippen LogP contribution is 2.35. The number of rotatable bonds is 3. The number of aliphatic carboxylic acids is 1. The summed E-state index contributed by atoms with van der Waals surface area (Å²) in [6.07, 6.45) is -0.861. The molecule has 1 aliphatic heterocycles. The van der Waals surface area contributed by atoms with Gasteiger partial charge in [-0.25, -0.2) is 4.98 Å². The summed E-state index contributed by atoms with van der Waals surface area (Å²) in [5.41, 5.74) is 1.18. The fraction of sp³-hybridized carbons (Fsp3) is 0.385. The largest absolute Gasteiger partial charge is 0.486 e. The molecular weight excluding hydrogens is 264 g/mol. The zero-order chi connectivity index (χ0) is 14.3. The van der Waals surface area contributed by atoms with Crippen LogP contribution >= 0.6 is 0 Å². The Morgan fingerprint density at radius 1 is 1.40 bits per heavy atom. The van der Waals surface area contributed by atoms with E-state index >= 15 is 0 Å². The second kappa shape index (κ2) is 4.68. The van der Waals surface area contributed by atoms with Crippen molar-refractivity contribution in [1.82, 2.24) is 9.55 Å². The third kappa shape index (κ3) is 2.05. The first kappa shape index (κ1) is 12.7. The van der Waals surface area contributed by atoms with Crippen LogP contribution in [0, 0.1) is 0 Å². The minimum Gasteiger partial charge on any atom is -0.486 e. The molecule has 2 heterocycles. The summed E-state index contributed by atoms with van der Waals surface area (Å²) in [4.78, 5) is 15.3. The van der Waals surface area contributed by atoms with Gasteiger partial charge < -0.3 is 24.3 Å². The Labute approximate surface area is 114 Å². The summed E-state index contributed by atoms with van der Waals surface area (Å²) in [5, 5.41) is 18.7. The Hall–Kier alpha value is -2.28. The molecule has 2 aromatic rings. The molecule has 0 amide bonds. The summed E-state index contributed by atoms with van der Waals surface area (Å²) in [5.74, 6) is 0.458. The van der Waals surface area contributed by atoms with Crippen molar-refractivity contribution in [2.24, 2.45) is 0 Å². The number of hydrogen-bond donors (Lipinski definition) is 2. The minimum atomic E-state index is -0.999. The number of ether oxygens (including phenoxy) is 2. The lowest BCUT2D eigenvalue weighted by atomic mass is 10.2. The number of carboxylic acid groups (broad SMARTS) is 1. The zero-order valence-electron chi connectivity index (χ0n) is 10.9. The molecule has 0 bridgehead atoms. The van der Waals surface area contributed by atoms with Crippen LogP contribution in [0.25, 0.3) is 11.0 Å². The van der Waals surface area contributed by atoms with Gasteiger partial charge in [0, 0.05) is 12.1 Å². The number of nitrogens with zero attached hydrogens (tertiary/aromatic N) is 2.